The van der Waals surface area contributed by atoms with Crippen molar-refractivity contribution in [1.82, 2.24) is 4.98 Å². The van der Waals surface area contributed by atoms with Gasteiger partial charge in [0.05, 0.1) is 18.4 Å². The van der Waals surface area contributed by atoms with Gasteiger partial charge >= 0.3 is 0 Å². The number of hydrogen-bond donors (Lipinski definition) is 2. The molecule has 3 N–H and O–H groups in total. The zero-order valence-electron chi connectivity index (χ0n) is 12.1. The van der Waals surface area contributed by atoms with E-state index in [1.165, 1.54) is 5.56 Å². The van der Waals surface area contributed by atoms with Gasteiger partial charge in [-0.15, -0.1) is 0 Å². The predicted octanol–water partition coefficient (Wildman–Crippen LogP) is 2.01. The minimum absolute atomic E-state index is 0.0309. The van der Waals surface area contributed by atoms with Crippen molar-refractivity contribution in [3.8, 4) is 0 Å². The second-order valence-corrected chi connectivity index (χ2v) is 4.66. The topological polar surface area (TPSA) is 71.2 Å². The van der Waals surface area contributed by atoms with Crippen LogP contribution >= 0.6 is 0 Å². The van der Waals surface area contributed by atoms with Crippen LogP contribution in [0.2, 0.25) is 0 Å². The van der Waals surface area contributed by atoms with Gasteiger partial charge in [0.25, 0.3) is 0 Å². The standard InChI is InChI=1S/C16H20N4O/c1-2-20(12-13-6-4-3-5-7-13)15-9-8-14(11-18-15)19-16(21)10-17/h3-9,11H,2,10,12,17H2,1H3,(H,19,21). The molecular formula is C16H20N4O. The smallest absolute Gasteiger partial charge is 0.238 e. The quantitative estimate of drug-likeness (QED) is 0.851. The van der Waals surface area contributed by atoms with Gasteiger partial charge in [-0.3, -0.25) is 4.79 Å². The number of carbonyl (C=O) groups excluding carboxylic acids is 1. The highest BCUT2D eigenvalue weighted by Crippen LogP contribution is 2.16. The summed E-state index contributed by atoms with van der Waals surface area (Å²) in [5.41, 5.74) is 7.16. The van der Waals surface area contributed by atoms with E-state index in [2.05, 4.69) is 34.3 Å². The maximum atomic E-state index is 11.2. The number of rotatable bonds is 6. The van der Waals surface area contributed by atoms with Gasteiger partial charge in [-0.2, -0.15) is 0 Å². The molecular weight excluding hydrogens is 264 g/mol. The molecule has 1 aromatic carbocycles. The third-order valence-corrected chi connectivity index (χ3v) is 3.14. The van der Waals surface area contributed by atoms with Crippen molar-refractivity contribution >= 4 is 17.4 Å². The molecule has 2 aromatic rings. The number of anilines is 2. The molecule has 1 heterocycles. The maximum absolute atomic E-state index is 11.2. The summed E-state index contributed by atoms with van der Waals surface area (Å²) >= 11 is 0. The van der Waals surface area contributed by atoms with Crippen LogP contribution < -0.4 is 16.0 Å². The Balaban J connectivity index is 2.06. The van der Waals surface area contributed by atoms with Crippen molar-refractivity contribution in [3.63, 3.8) is 0 Å². The predicted molar refractivity (Wildman–Crippen MR) is 85.1 cm³/mol. The average molecular weight is 284 g/mol. The summed E-state index contributed by atoms with van der Waals surface area (Å²) in [7, 11) is 0. The van der Waals surface area contributed by atoms with Crippen molar-refractivity contribution in [2.45, 2.75) is 13.5 Å². The Hall–Kier alpha value is -2.40. The molecule has 110 valence electrons. The van der Waals surface area contributed by atoms with Crippen LogP contribution in [0.25, 0.3) is 0 Å². The summed E-state index contributed by atoms with van der Waals surface area (Å²) in [5, 5.41) is 2.68. The molecule has 1 aromatic heterocycles. The van der Waals surface area contributed by atoms with E-state index in [9.17, 15) is 4.79 Å². The van der Waals surface area contributed by atoms with Gasteiger partial charge in [0, 0.05) is 13.1 Å². The molecule has 0 atom stereocenters. The SMILES string of the molecule is CCN(Cc1ccccc1)c1ccc(NC(=O)CN)cn1. The highest BCUT2D eigenvalue weighted by atomic mass is 16.1. The van der Waals surface area contributed by atoms with Gasteiger partial charge in [0.2, 0.25) is 5.91 Å². The van der Waals surface area contributed by atoms with Crippen LogP contribution in [0, 0.1) is 0 Å². The lowest BCUT2D eigenvalue weighted by molar-refractivity contribution is -0.114. The lowest BCUT2D eigenvalue weighted by Crippen LogP contribution is -2.24. The number of hydrogen-bond acceptors (Lipinski definition) is 4. The van der Waals surface area contributed by atoms with Crippen LogP contribution in [-0.4, -0.2) is 24.0 Å². The normalized spacial score (nSPS) is 10.2. The monoisotopic (exact) mass is 284 g/mol. The van der Waals surface area contributed by atoms with Crippen molar-refractivity contribution < 1.29 is 4.79 Å². The van der Waals surface area contributed by atoms with Crippen LogP contribution in [0.15, 0.2) is 48.7 Å². The van der Waals surface area contributed by atoms with E-state index in [1.54, 1.807) is 6.20 Å². The number of nitrogens with two attached hydrogens (primary N) is 1. The second-order valence-electron chi connectivity index (χ2n) is 4.66. The van der Waals surface area contributed by atoms with Crippen molar-refractivity contribution in [2.75, 3.05) is 23.3 Å². The Morgan fingerprint density at radius 3 is 2.57 bits per heavy atom. The van der Waals surface area contributed by atoms with Crippen LogP contribution in [-0.2, 0) is 11.3 Å². The molecule has 2 rings (SSSR count). The highest BCUT2D eigenvalue weighted by Gasteiger charge is 2.07. The zero-order chi connectivity index (χ0) is 15.1. The fourth-order valence-electron chi connectivity index (χ4n) is 2.02. The maximum Gasteiger partial charge on any atom is 0.238 e. The molecule has 5 nitrogen and oxygen atoms in total. The first-order valence-corrected chi connectivity index (χ1v) is 6.97. The van der Waals surface area contributed by atoms with Gasteiger partial charge < -0.3 is 16.0 Å². The first-order valence-electron chi connectivity index (χ1n) is 6.97. The van der Waals surface area contributed by atoms with Crippen molar-refractivity contribution in [3.05, 3.63) is 54.2 Å². The van der Waals surface area contributed by atoms with E-state index in [0.717, 1.165) is 18.9 Å². The van der Waals surface area contributed by atoms with E-state index in [-0.39, 0.29) is 12.5 Å². The van der Waals surface area contributed by atoms with Crippen molar-refractivity contribution in [1.29, 1.82) is 0 Å². The fraction of sp³-hybridized carbons (Fsp3) is 0.250. The van der Waals surface area contributed by atoms with Crippen LogP contribution in [0.5, 0.6) is 0 Å². The Bertz CT molecular complexity index is 569. The molecule has 0 saturated heterocycles. The lowest BCUT2D eigenvalue weighted by Gasteiger charge is -2.22. The van der Waals surface area contributed by atoms with E-state index >= 15 is 0 Å². The third-order valence-electron chi connectivity index (χ3n) is 3.14. The Morgan fingerprint density at radius 2 is 2.00 bits per heavy atom. The van der Waals surface area contributed by atoms with E-state index < -0.39 is 0 Å². The summed E-state index contributed by atoms with van der Waals surface area (Å²) in [6.45, 7) is 3.72. The van der Waals surface area contributed by atoms with E-state index in [4.69, 9.17) is 5.73 Å². The van der Waals surface area contributed by atoms with Gasteiger partial charge in [0.15, 0.2) is 0 Å². The third kappa shape index (κ3) is 4.29. The summed E-state index contributed by atoms with van der Waals surface area (Å²) in [5.74, 6) is 0.660. The molecule has 21 heavy (non-hydrogen) atoms. The molecule has 0 radical (unpaired) electrons. The highest BCUT2D eigenvalue weighted by molar-refractivity contribution is 5.91. The number of aromatic nitrogens is 1. The molecule has 0 aliphatic carbocycles. The minimum Gasteiger partial charge on any atom is -0.353 e. The summed E-state index contributed by atoms with van der Waals surface area (Å²) in [6, 6.07) is 14.0. The summed E-state index contributed by atoms with van der Waals surface area (Å²) in [6.07, 6.45) is 1.65. The molecule has 0 aliphatic heterocycles. The van der Waals surface area contributed by atoms with Crippen LogP contribution in [0.4, 0.5) is 11.5 Å². The first-order chi connectivity index (χ1) is 10.2. The average Bonchev–Trinajstić information content (AvgIpc) is 2.54. The summed E-state index contributed by atoms with van der Waals surface area (Å²) in [4.78, 5) is 17.8. The van der Waals surface area contributed by atoms with Crippen LogP contribution in [0.1, 0.15) is 12.5 Å². The number of pyridine rings is 1. The van der Waals surface area contributed by atoms with Gasteiger partial charge in [0.1, 0.15) is 5.82 Å². The first kappa shape index (κ1) is 15.0. The second kappa shape index (κ2) is 7.40. The number of nitrogens with one attached hydrogen (secondary N) is 1. The zero-order valence-corrected chi connectivity index (χ0v) is 12.1. The Kier molecular flexibility index (Phi) is 5.29. The van der Waals surface area contributed by atoms with Crippen LogP contribution in [0.3, 0.4) is 0 Å². The molecule has 1 amide bonds. The van der Waals surface area contributed by atoms with Gasteiger partial charge in [-0.1, -0.05) is 30.3 Å². The number of nitrogens with zero attached hydrogens (tertiary/aromatic N) is 2. The molecule has 0 saturated carbocycles. The Morgan fingerprint density at radius 1 is 1.24 bits per heavy atom. The van der Waals surface area contributed by atoms with Crippen molar-refractivity contribution in [2.24, 2.45) is 5.73 Å². The molecule has 0 aliphatic rings. The van der Waals surface area contributed by atoms with E-state index in [1.807, 2.05) is 30.3 Å². The number of carbonyl (C=O) groups is 1. The minimum atomic E-state index is -0.221. The molecule has 0 bridgehead atoms. The Labute approximate surface area is 124 Å². The molecule has 0 spiro atoms. The summed E-state index contributed by atoms with van der Waals surface area (Å²) < 4.78 is 0. The molecule has 5 heteroatoms. The molecule has 0 fully saturated rings. The van der Waals surface area contributed by atoms with Gasteiger partial charge in [-0.05, 0) is 24.6 Å². The largest absolute Gasteiger partial charge is 0.353 e. The number of benzene rings is 1. The van der Waals surface area contributed by atoms with E-state index in [0.29, 0.717) is 5.69 Å². The lowest BCUT2D eigenvalue weighted by atomic mass is 10.2. The molecule has 0 unspecified atom stereocenters. The fourth-order valence-corrected chi connectivity index (χ4v) is 2.02. The van der Waals surface area contributed by atoms with Gasteiger partial charge in [-0.25, -0.2) is 4.98 Å². The number of amides is 1.